The minimum Gasteiger partial charge on any atom is -0.472 e. The first kappa shape index (κ1) is 9.10. The van der Waals surface area contributed by atoms with Crippen LogP contribution in [0.4, 0.5) is 0 Å². The maximum Gasteiger partial charge on any atom is 0.0974 e. The molecule has 1 nitrogen and oxygen atoms in total. The topological polar surface area (TPSA) is 13.1 Å². The molecule has 70 valence electrons. The summed E-state index contributed by atoms with van der Waals surface area (Å²) < 4.78 is 4.95. The molecule has 0 unspecified atom stereocenters. The summed E-state index contributed by atoms with van der Waals surface area (Å²) in [7, 11) is 0. The molecule has 0 saturated carbocycles. The number of benzene rings is 1. The Morgan fingerprint density at radius 2 is 1.93 bits per heavy atom. The second-order valence-corrected chi connectivity index (χ2v) is 3.38. The number of halogens is 1. The van der Waals surface area contributed by atoms with Crippen molar-refractivity contribution in [2.45, 2.75) is 0 Å². The van der Waals surface area contributed by atoms with E-state index in [1.807, 2.05) is 42.5 Å². The normalized spacial score (nSPS) is 10.9. The molecule has 1 aromatic carbocycles. The molecule has 1 aromatic heterocycles. The predicted octanol–water partition coefficient (Wildman–Crippen LogP) is 4.10. The zero-order chi connectivity index (χ0) is 9.80. The quantitative estimate of drug-likeness (QED) is 0.718. The van der Waals surface area contributed by atoms with E-state index in [0.29, 0.717) is 0 Å². The van der Waals surface area contributed by atoms with Crippen LogP contribution in [0.5, 0.6) is 0 Å². The van der Waals surface area contributed by atoms with E-state index in [1.165, 1.54) is 0 Å². The second-order valence-electron chi connectivity index (χ2n) is 2.95. The molecular weight excluding hydrogens is 196 g/mol. The van der Waals surface area contributed by atoms with Gasteiger partial charge in [0.2, 0.25) is 0 Å². The average Bonchev–Trinajstić information content (AvgIpc) is 2.67. The van der Waals surface area contributed by atoms with E-state index in [1.54, 1.807) is 12.5 Å². The first-order valence-electron chi connectivity index (χ1n) is 4.30. The smallest absolute Gasteiger partial charge is 0.0974 e. The number of rotatable bonds is 2. The van der Waals surface area contributed by atoms with Crippen molar-refractivity contribution >= 4 is 23.8 Å². The second kappa shape index (κ2) is 4.16. The molecule has 0 N–H and O–H groups in total. The molecule has 0 atom stereocenters. The van der Waals surface area contributed by atoms with Crippen LogP contribution in [0.2, 0.25) is 5.02 Å². The van der Waals surface area contributed by atoms with Crippen molar-refractivity contribution in [2.75, 3.05) is 0 Å². The third-order valence-corrected chi connectivity index (χ3v) is 2.10. The molecule has 0 saturated heterocycles. The van der Waals surface area contributed by atoms with Crippen molar-refractivity contribution in [2.24, 2.45) is 0 Å². The van der Waals surface area contributed by atoms with Gasteiger partial charge in [0.15, 0.2) is 0 Å². The van der Waals surface area contributed by atoms with E-state index < -0.39 is 0 Å². The van der Waals surface area contributed by atoms with Gasteiger partial charge in [0.25, 0.3) is 0 Å². The lowest BCUT2D eigenvalue weighted by Gasteiger charge is -1.92. The fourth-order valence-corrected chi connectivity index (χ4v) is 1.37. The Bertz CT molecular complexity index is 429. The first-order chi connectivity index (χ1) is 6.84. The van der Waals surface area contributed by atoms with Gasteiger partial charge in [0.1, 0.15) is 0 Å². The molecular formula is C12H9ClO. The highest BCUT2D eigenvalue weighted by molar-refractivity contribution is 6.30. The summed E-state index contributed by atoms with van der Waals surface area (Å²) in [4.78, 5) is 0. The SMILES string of the molecule is Clc1cccc(/C=C/c2ccoc2)c1. The van der Waals surface area contributed by atoms with Crippen LogP contribution in [0.15, 0.2) is 47.3 Å². The van der Waals surface area contributed by atoms with Gasteiger partial charge in [-0.1, -0.05) is 35.9 Å². The fraction of sp³-hybridized carbons (Fsp3) is 0. The highest BCUT2D eigenvalue weighted by atomic mass is 35.5. The Morgan fingerprint density at radius 3 is 2.64 bits per heavy atom. The maximum atomic E-state index is 5.85. The van der Waals surface area contributed by atoms with Gasteiger partial charge in [-0.15, -0.1) is 0 Å². The summed E-state index contributed by atoms with van der Waals surface area (Å²) >= 11 is 5.85. The molecule has 2 heteroatoms. The molecule has 2 rings (SSSR count). The molecule has 0 amide bonds. The van der Waals surface area contributed by atoms with E-state index in [-0.39, 0.29) is 0 Å². The molecule has 0 aliphatic heterocycles. The Morgan fingerprint density at radius 1 is 1.07 bits per heavy atom. The predicted molar refractivity (Wildman–Crippen MR) is 59.1 cm³/mol. The van der Waals surface area contributed by atoms with E-state index >= 15 is 0 Å². The monoisotopic (exact) mass is 204 g/mol. The molecule has 0 spiro atoms. The minimum absolute atomic E-state index is 0.749. The molecule has 0 radical (unpaired) electrons. The lowest BCUT2D eigenvalue weighted by molar-refractivity contribution is 0.567. The van der Waals surface area contributed by atoms with E-state index in [2.05, 4.69) is 0 Å². The average molecular weight is 205 g/mol. The van der Waals surface area contributed by atoms with Gasteiger partial charge < -0.3 is 4.42 Å². The van der Waals surface area contributed by atoms with Crippen molar-refractivity contribution in [3.8, 4) is 0 Å². The number of furan rings is 1. The van der Waals surface area contributed by atoms with Crippen LogP contribution in [0, 0.1) is 0 Å². The Hall–Kier alpha value is -1.47. The highest BCUT2D eigenvalue weighted by Gasteiger charge is 1.90. The van der Waals surface area contributed by atoms with E-state index in [0.717, 1.165) is 16.1 Å². The standard InChI is InChI=1S/C12H9ClO/c13-12-3-1-2-10(8-12)4-5-11-6-7-14-9-11/h1-9H/b5-4+. The van der Waals surface area contributed by atoms with Crippen LogP contribution in [-0.2, 0) is 0 Å². The minimum atomic E-state index is 0.749. The molecule has 2 aromatic rings. The summed E-state index contributed by atoms with van der Waals surface area (Å²) in [6.45, 7) is 0. The van der Waals surface area contributed by atoms with Crippen molar-refractivity contribution in [3.05, 3.63) is 59.0 Å². The zero-order valence-corrected chi connectivity index (χ0v) is 8.24. The molecule has 14 heavy (non-hydrogen) atoms. The van der Waals surface area contributed by atoms with Gasteiger partial charge in [-0.05, 0) is 23.8 Å². The van der Waals surface area contributed by atoms with Crippen LogP contribution in [-0.4, -0.2) is 0 Å². The molecule has 1 heterocycles. The van der Waals surface area contributed by atoms with E-state index in [9.17, 15) is 0 Å². The zero-order valence-electron chi connectivity index (χ0n) is 7.48. The third-order valence-electron chi connectivity index (χ3n) is 1.86. The Labute approximate surface area is 87.6 Å². The van der Waals surface area contributed by atoms with Crippen LogP contribution >= 0.6 is 11.6 Å². The first-order valence-corrected chi connectivity index (χ1v) is 4.68. The highest BCUT2D eigenvalue weighted by Crippen LogP contribution is 2.13. The van der Waals surface area contributed by atoms with Gasteiger partial charge in [-0.25, -0.2) is 0 Å². The van der Waals surface area contributed by atoms with Crippen LogP contribution in [0.25, 0.3) is 12.2 Å². The van der Waals surface area contributed by atoms with Gasteiger partial charge >= 0.3 is 0 Å². The lowest BCUT2D eigenvalue weighted by atomic mass is 10.2. The van der Waals surface area contributed by atoms with Crippen LogP contribution < -0.4 is 0 Å². The summed E-state index contributed by atoms with van der Waals surface area (Å²) in [6, 6.07) is 9.61. The van der Waals surface area contributed by atoms with E-state index in [4.69, 9.17) is 16.0 Å². The van der Waals surface area contributed by atoms with Crippen molar-refractivity contribution in [3.63, 3.8) is 0 Å². The third kappa shape index (κ3) is 2.27. The van der Waals surface area contributed by atoms with Gasteiger partial charge in [0.05, 0.1) is 12.5 Å². The fourth-order valence-electron chi connectivity index (χ4n) is 1.17. The number of hydrogen-bond acceptors (Lipinski definition) is 1. The summed E-state index contributed by atoms with van der Waals surface area (Å²) in [5.74, 6) is 0. The van der Waals surface area contributed by atoms with Crippen LogP contribution in [0.3, 0.4) is 0 Å². The molecule has 0 aliphatic carbocycles. The van der Waals surface area contributed by atoms with Gasteiger partial charge in [-0.2, -0.15) is 0 Å². The Balaban J connectivity index is 2.18. The summed E-state index contributed by atoms with van der Waals surface area (Å²) in [5.41, 5.74) is 2.13. The largest absolute Gasteiger partial charge is 0.472 e. The van der Waals surface area contributed by atoms with Crippen molar-refractivity contribution < 1.29 is 4.42 Å². The lowest BCUT2D eigenvalue weighted by Crippen LogP contribution is -1.70. The molecule has 0 fully saturated rings. The van der Waals surface area contributed by atoms with Crippen molar-refractivity contribution in [1.82, 2.24) is 0 Å². The number of hydrogen-bond donors (Lipinski definition) is 0. The van der Waals surface area contributed by atoms with Gasteiger partial charge in [-0.3, -0.25) is 0 Å². The van der Waals surface area contributed by atoms with Crippen molar-refractivity contribution in [1.29, 1.82) is 0 Å². The van der Waals surface area contributed by atoms with Crippen LogP contribution in [0.1, 0.15) is 11.1 Å². The summed E-state index contributed by atoms with van der Waals surface area (Å²) in [6.07, 6.45) is 7.32. The maximum absolute atomic E-state index is 5.85. The molecule has 0 aliphatic rings. The summed E-state index contributed by atoms with van der Waals surface area (Å²) in [5, 5.41) is 0.749. The van der Waals surface area contributed by atoms with Gasteiger partial charge in [0, 0.05) is 10.6 Å². The Kier molecular flexibility index (Phi) is 2.70. The molecule has 0 bridgehead atoms.